The minimum absolute atomic E-state index is 0.0941. The maximum Gasteiger partial charge on any atom is 0.216 e. The van der Waals surface area contributed by atoms with E-state index >= 15 is 0 Å². The Hall–Kier alpha value is -1.50. The van der Waals surface area contributed by atoms with Gasteiger partial charge in [0.05, 0.1) is 11.3 Å². The maximum atomic E-state index is 12.5. The first kappa shape index (κ1) is 16.9. The molecule has 0 bridgehead atoms. The van der Waals surface area contributed by atoms with Gasteiger partial charge in [-0.3, -0.25) is 4.98 Å². The Morgan fingerprint density at radius 2 is 1.86 bits per heavy atom. The summed E-state index contributed by atoms with van der Waals surface area (Å²) in [6.45, 7) is 4.17. The lowest BCUT2D eigenvalue weighted by molar-refractivity contribution is 0.363. The lowest BCUT2D eigenvalue weighted by Gasteiger charge is -2.31. The van der Waals surface area contributed by atoms with Crippen molar-refractivity contribution in [3.63, 3.8) is 0 Å². The molecule has 0 unspecified atom stereocenters. The lowest BCUT2D eigenvalue weighted by Crippen LogP contribution is -2.53. The van der Waals surface area contributed by atoms with Crippen LogP contribution < -0.4 is 10.5 Å². The van der Waals surface area contributed by atoms with E-state index in [-0.39, 0.29) is 12.3 Å². The summed E-state index contributed by atoms with van der Waals surface area (Å²) in [4.78, 5) is 4.31. The highest BCUT2D eigenvalue weighted by molar-refractivity contribution is 7.88. The average molecular weight is 321 g/mol. The van der Waals surface area contributed by atoms with Crippen LogP contribution in [0.5, 0.6) is 0 Å². The fourth-order valence-electron chi connectivity index (χ4n) is 2.58. The highest BCUT2D eigenvalue weighted by Crippen LogP contribution is 2.20. The minimum Gasteiger partial charge on any atom is -0.329 e. The Labute approximate surface area is 132 Å². The number of aromatic nitrogens is 1. The zero-order valence-corrected chi connectivity index (χ0v) is 13.9. The van der Waals surface area contributed by atoms with Crippen molar-refractivity contribution in [3.8, 4) is 0 Å². The Morgan fingerprint density at radius 1 is 1.18 bits per heavy atom. The molecule has 120 valence electrons. The molecule has 1 heterocycles. The van der Waals surface area contributed by atoms with Crippen LogP contribution in [0, 0.1) is 0 Å². The molecule has 0 fully saturated rings. The van der Waals surface area contributed by atoms with Crippen LogP contribution in [0.15, 0.2) is 36.5 Å². The van der Waals surface area contributed by atoms with E-state index in [1.165, 1.54) is 0 Å². The summed E-state index contributed by atoms with van der Waals surface area (Å²) in [7, 11) is -3.49. The Morgan fingerprint density at radius 3 is 2.50 bits per heavy atom. The smallest absolute Gasteiger partial charge is 0.216 e. The second-order valence-corrected chi connectivity index (χ2v) is 7.27. The number of rotatable bonds is 7. The van der Waals surface area contributed by atoms with Crippen LogP contribution in [0.4, 0.5) is 0 Å². The van der Waals surface area contributed by atoms with Crippen molar-refractivity contribution in [2.24, 2.45) is 5.73 Å². The number of fused-ring (bicyclic) bond motifs is 1. The predicted octanol–water partition coefficient (Wildman–Crippen LogP) is 2.17. The van der Waals surface area contributed by atoms with Gasteiger partial charge in [0.25, 0.3) is 0 Å². The largest absolute Gasteiger partial charge is 0.329 e. The molecule has 3 N–H and O–H groups in total. The van der Waals surface area contributed by atoms with Gasteiger partial charge in [-0.15, -0.1) is 0 Å². The molecule has 2 aromatic rings. The Bertz CT molecular complexity index is 726. The van der Waals surface area contributed by atoms with Gasteiger partial charge >= 0.3 is 0 Å². The van der Waals surface area contributed by atoms with Gasteiger partial charge in [-0.1, -0.05) is 38.1 Å². The van der Waals surface area contributed by atoms with Crippen molar-refractivity contribution in [2.45, 2.75) is 38.0 Å². The number of benzene rings is 1. The number of hydrogen-bond donors (Lipinski definition) is 2. The monoisotopic (exact) mass is 321 g/mol. The van der Waals surface area contributed by atoms with Crippen molar-refractivity contribution in [3.05, 3.63) is 42.1 Å². The van der Waals surface area contributed by atoms with E-state index in [2.05, 4.69) is 9.71 Å². The van der Waals surface area contributed by atoms with E-state index < -0.39 is 15.6 Å². The third kappa shape index (κ3) is 3.63. The van der Waals surface area contributed by atoms with Gasteiger partial charge in [0.1, 0.15) is 0 Å². The summed E-state index contributed by atoms with van der Waals surface area (Å²) in [6, 6.07) is 9.34. The fraction of sp³-hybridized carbons (Fsp3) is 0.438. The molecule has 0 amide bonds. The topological polar surface area (TPSA) is 85.1 Å². The summed E-state index contributed by atoms with van der Waals surface area (Å²) in [6.07, 6.45) is 2.99. The van der Waals surface area contributed by atoms with Gasteiger partial charge in [0, 0.05) is 23.7 Å². The van der Waals surface area contributed by atoms with Crippen LogP contribution in [0.3, 0.4) is 0 Å². The number of hydrogen-bond acceptors (Lipinski definition) is 4. The first-order chi connectivity index (χ1) is 10.5. The molecule has 0 aliphatic heterocycles. The number of nitrogens with one attached hydrogen (secondary N) is 1. The number of para-hydroxylation sites is 1. The minimum atomic E-state index is -3.49. The number of sulfonamides is 1. The van der Waals surface area contributed by atoms with E-state index in [9.17, 15) is 8.42 Å². The quantitative estimate of drug-likeness (QED) is 0.818. The molecule has 5 nitrogen and oxygen atoms in total. The molecule has 0 aliphatic carbocycles. The molecule has 6 heteroatoms. The zero-order valence-electron chi connectivity index (χ0n) is 13.0. The van der Waals surface area contributed by atoms with E-state index in [0.29, 0.717) is 18.4 Å². The maximum absolute atomic E-state index is 12.5. The second-order valence-electron chi connectivity index (χ2n) is 5.54. The first-order valence-electron chi connectivity index (χ1n) is 7.49. The molecule has 0 saturated heterocycles. The van der Waals surface area contributed by atoms with Crippen molar-refractivity contribution in [1.29, 1.82) is 0 Å². The highest BCUT2D eigenvalue weighted by Gasteiger charge is 2.30. The van der Waals surface area contributed by atoms with E-state index in [0.717, 1.165) is 10.9 Å². The third-order valence-electron chi connectivity index (χ3n) is 4.18. The molecule has 0 radical (unpaired) electrons. The SMILES string of the molecule is CCC(CC)(CN)NS(=O)(=O)Cc1cccc2cccnc12. The molecule has 0 aliphatic rings. The Balaban J connectivity index is 2.32. The third-order valence-corrected chi connectivity index (χ3v) is 5.61. The van der Waals surface area contributed by atoms with Crippen molar-refractivity contribution in [1.82, 2.24) is 9.71 Å². The molecule has 1 aromatic carbocycles. The van der Waals surface area contributed by atoms with Crippen LogP contribution in [0.25, 0.3) is 10.9 Å². The summed E-state index contributed by atoms with van der Waals surface area (Å²) < 4.78 is 27.9. The van der Waals surface area contributed by atoms with Gasteiger partial charge in [-0.2, -0.15) is 0 Å². The number of pyridine rings is 1. The summed E-state index contributed by atoms with van der Waals surface area (Å²) in [5.41, 5.74) is 6.63. The van der Waals surface area contributed by atoms with Crippen molar-refractivity contribution < 1.29 is 8.42 Å². The Kier molecular flexibility index (Phi) is 5.16. The normalized spacial score (nSPS) is 12.7. The fourth-order valence-corrected chi connectivity index (χ4v) is 4.33. The van der Waals surface area contributed by atoms with E-state index in [4.69, 9.17) is 5.73 Å². The van der Waals surface area contributed by atoms with Crippen molar-refractivity contribution >= 4 is 20.9 Å². The summed E-state index contributed by atoms with van der Waals surface area (Å²) in [5, 5.41) is 0.936. The van der Waals surface area contributed by atoms with E-state index in [1.54, 1.807) is 12.3 Å². The van der Waals surface area contributed by atoms with Crippen LogP contribution in [0.2, 0.25) is 0 Å². The average Bonchev–Trinajstić information content (AvgIpc) is 2.53. The molecule has 22 heavy (non-hydrogen) atoms. The number of nitrogens with zero attached hydrogens (tertiary/aromatic N) is 1. The van der Waals surface area contributed by atoms with Crippen LogP contribution in [0.1, 0.15) is 32.3 Å². The van der Waals surface area contributed by atoms with Crippen LogP contribution in [-0.4, -0.2) is 25.5 Å². The predicted molar refractivity (Wildman–Crippen MR) is 89.9 cm³/mol. The van der Waals surface area contributed by atoms with Gasteiger partial charge < -0.3 is 5.73 Å². The summed E-state index contributed by atoms with van der Waals surface area (Å²) in [5.74, 6) is -0.0941. The highest BCUT2D eigenvalue weighted by atomic mass is 32.2. The number of nitrogens with two attached hydrogens (primary N) is 1. The first-order valence-corrected chi connectivity index (χ1v) is 9.15. The molecule has 2 rings (SSSR count). The second kappa shape index (κ2) is 6.73. The van der Waals surface area contributed by atoms with Crippen molar-refractivity contribution in [2.75, 3.05) is 6.54 Å². The standard InChI is InChI=1S/C16H23N3O2S/c1-3-16(4-2,12-17)19-22(20,21)11-14-8-5-7-13-9-6-10-18-15(13)14/h5-10,19H,3-4,11-12,17H2,1-2H3. The lowest BCUT2D eigenvalue weighted by atomic mass is 9.95. The zero-order chi connectivity index (χ0) is 16.2. The molecule has 0 atom stereocenters. The van der Waals surface area contributed by atoms with Crippen LogP contribution in [-0.2, 0) is 15.8 Å². The molecule has 0 spiro atoms. The van der Waals surface area contributed by atoms with E-state index in [1.807, 2.05) is 38.1 Å². The van der Waals surface area contributed by atoms with Gasteiger partial charge in [-0.25, -0.2) is 13.1 Å². The molecular formula is C16H23N3O2S. The molecule has 1 aromatic heterocycles. The van der Waals surface area contributed by atoms with Gasteiger partial charge in [0.2, 0.25) is 10.0 Å². The summed E-state index contributed by atoms with van der Waals surface area (Å²) >= 11 is 0. The van der Waals surface area contributed by atoms with Gasteiger partial charge in [-0.05, 0) is 24.5 Å². The van der Waals surface area contributed by atoms with Crippen LogP contribution >= 0.6 is 0 Å². The molecular weight excluding hydrogens is 298 g/mol. The molecule has 0 saturated carbocycles. The van der Waals surface area contributed by atoms with Gasteiger partial charge in [0.15, 0.2) is 0 Å².